The summed E-state index contributed by atoms with van der Waals surface area (Å²) < 4.78 is 10.8. The second-order valence-electron chi connectivity index (χ2n) is 3.75. The molecule has 0 bridgehead atoms. The van der Waals surface area contributed by atoms with Crippen LogP contribution >= 0.6 is 11.8 Å². The first-order valence-corrected chi connectivity index (χ1v) is 7.59. The summed E-state index contributed by atoms with van der Waals surface area (Å²) in [5.74, 6) is -0.102. The lowest BCUT2D eigenvalue weighted by atomic mass is 10.2. The van der Waals surface area contributed by atoms with Crippen molar-refractivity contribution in [3.05, 3.63) is 29.8 Å². The van der Waals surface area contributed by atoms with E-state index in [1.165, 1.54) is 0 Å². The van der Waals surface area contributed by atoms with Crippen LogP contribution in [-0.2, 0) is 9.47 Å². The Morgan fingerprint density at radius 2 is 1.89 bits per heavy atom. The summed E-state index contributed by atoms with van der Waals surface area (Å²) in [6.45, 7) is 5.26. The van der Waals surface area contributed by atoms with Crippen molar-refractivity contribution in [3.63, 3.8) is 0 Å². The van der Waals surface area contributed by atoms with Crippen molar-refractivity contribution in [2.75, 3.05) is 26.0 Å². The Morgan fingerprint density at radius 3 is 2.47 bits per heavy atom. The molecule has 0 atom stereocenters. The Hall–Kier alpha value is -1.04. The van der Waals surface area contributed by atoms with E-state index in [1.807, 2.05) is 44.4 Å². The molecule has 0 aliphatic carbocycles. The maximum atomic E-state index is 12.1. The molecule has 0 radical (unpaired) electrons. The van der Waals surface area contributed by atoms with Crippen LogP contribution < -0.4 is 5.32 Å². The maximum absolute atomic E-state index is 12.1. The number of hydrogen-bond donors (Lipinski definition) is 1. The van der Waals surface area contributed by atoms with Gasteiger partial charge in [-0.2, -0.15) is 0 Å². The fourth-order valence-corrected chi connectivity index (χ4v) is 2.24. The number of amides is 1. The van der Waals surface area contributed by atoms with E-state index >= 15 is 0 Å². The Balaban J connectivity index is 2.58. The van der Waals surface area contributed by atoms with E-state index in [9.17, 15) is 4.79 Å². The number of carbonyl (C=O) groups is 1. The molecule has 5 heteroatoms. The van der Waals surface area contributed by atoms with Crippen molar-refractivity contribution in [2.24, 2.45) is 0 Å². The summed E-state index contributed by atoms with van der Waals surface area (Å²) in [5.41, 5.74) is 0.682. The van der Waals surface area contributed by atoms with Crippen molar-refractivity contribution >= 4 is 17.7 Å². The Labute approximate surface area is 118 Å². The van der Waals surface area contributed by atoms with Gasteiger partial charge in [-0.15, -0.1) is 11.8 Å². The highest BCUT2D eigenvalue weighted by Crippen LogP contribution is 2.19. The molecule has 1 amide bonds. The van der Waals surface area contributed by atoms with Crippen LogP contribution in [-0.4, -0.2) is 38.2 Å². The lowest BCUT2D eigenvalue weighted by Gasteiger charge is -2.17. The molecule has 1 aromatic carbocycles. The summed E-state index contributed by atoms with van der Waals surface area (Å²) in [5, 5.41) is 2.84. The van der Waals surface area contributed by atoms with Gasteiger partial charge in [-0.05, 0) is 32.2 Å². The van der Waals surface area contributed by atoms with Gasteiger partial charge in [0.25, 0.3) is 5.91 Å². The van der Waals surface area contributed by atoms with Crippen LogP contribution in [0.25, 0.3) is 0 Å². The molecule has 106 valence electrons. The predicted molar refractivity (Wildman–Crippen MR) is 77.6 cm³/mol. The molecule has 1 aromatic rings. The lowest BCUT2D eigenvalue weighted by Crippen LogP contribution is -2.35. The number of benzene rings is 1. The molecular formula is C14H21NO3S. The third-order valence-electron chi connectivity index (χ3n) is 2.49. The molecule has 0 fully saturated rings. The van der Waals surface area contributed by atoms with Gasteiger partial charge in [-0.1, -0.05) is 12.1 Å². The fourth-order valence-electron chi connectivity index (χ4n) is 1.64. The second-order valence-corrected chi connectivity index (χ2v) is 4.60. The number of thioether (sulfide) groups is 1. The summed E-state index contributed by atoms with van der Waals surface area (Å²) in [7, 11) is 0. The van der Waals surface area contributed by atoms with Gasteiger partial charge in [0, 0.05) is 18.1 Å². The Bertz CT molecular complexity index is 392. The van der Waals surface area contributed by atoms with Crippen molar-refractivity contribution in [2.45, 2.75) is 25.0 Å². The molecule has 19 heavy (non-hydrogen) atoms. The smallest absolute Gasteiger partial charge is 0.252 e. The zero-order valence-corrected chi connectivity index (χ0v) is 12.5. The standard InChI is InChI=1S/C14H21NO3S/c1-4-17-13(18-5-2)10-15-14(16)11-8-6-7-9-12(11)19-3/h6-9,13H,4-5,10H2,1-3H3,(H,15,16). The topological polar surface area (TPSA) is 47.6 Å². The third kappa shape index (κ3) is 5.22. The average Bonchev–Trinajstić information content (AvgIpc) is 2.44. The van der Waals surface area contributed by atoms with Crippen molar-refractivity contribution < 1.29 is 14.3 Å². The van der Waals surface area contributed by atoms with Gasteiger partial charge in [0.05, 0.1) is 12.1 Å². The third-order valence-corrected chi connectivity index (χ3v) is 3.28. The molecule has 1 N–H and O–H groups in total. The molecule has 0 spiro atoms. The van der Waals surface area contributed by atoms with E-state index in [0.29, 0.717) is 25.3 Å². The van der Waals surface area contributed by atoms with Gasteiger partial charge < -0.3 is 14.8 Å². The number of rotatable bonds is 8. The summed E-state index contributed by atoms with van der Waals surface area (Å²) in [4.78, 5) is 13.1. The molecule has 1 rings (SSSR count). The van der Waals surface area contributed by atoms with E-state index < -0.39 is 0 Å². The van der Waals surface area contributed by atoms with Crippen LogP contribution in [0.2, 0.25) is 0 Å². The molecule has 0 unspecified atom stereocenters. The monoisotopic (exact) mass is 283 g/mol. The first kappa shape index (κ1) is 16.0. The number of ether oxygens (including phenoxy) is 2. The van der Waals surface area contributed by atoms with E-state index in [-0.39, 0.29) is 12.2 Å². The van der Waals surface area contributed by atoms with Gasteiger partial charge >= 0.3 is 0 Å². The van der Waals surface area contributed by atoms with Gasteiger partial charge in [-0.25, -0.2) is 0 Å². The number of carbonyl (C=O) groups excluding carboxylic acids is 1. The highest BCUT2D eigenvalue weighted by atomic mass is 32.2. The highest BCUT2D eigenvalue weighted by Gasteiger charge is 2.13. The molecule has 4 nitrogen and oxygen atoms in total. The predicted octanol–water partition coefficient (Wildman–Crippen LogP) is 2.54. The fraction of sp³-hybridized carbons (Fsp3) is 0.500. The van der Waals surface area contributed by atoms with Gasteiger partial charge in [0.15, 0.2) is 6.29 Å². The number of nitrogens with one attached hydrogen (secondary N) is 1. The first-order chi connectivity index (χ1) is 9.22. The molecule has 0 heterocycles. The normalized spacial score (nSPS) is 10.7. The molecule has 0 aliphatic heterocycles. The largest absolute Gasteiger partial charge is 0.351 e. The first-order valence-electron chi connectivity index (χ1n) is 6.37. The molecule has 0 saturated carbocycles. The van der Waals surface area contributed by atoms with E-state index in [2.05, 4.69) is 5.32 Å². The van der Waals surface area contributed by atoms with Crippen molar-refractivity contribution in [1.82, 2.24) is 5.32 Å². The highest BCUT2D eigenvalue weighted by molar-refractivity contribution is 7.98. The maximum Gasteiger partial charge on any atom is 0.252 e. The van der Waals surface area contributed by atoms with Crippen molar-refractivity contribution in [1.29, 1.82) is 0 Å². The van der Waals surface area contributed by atoms with Crippen LogP contribution in [0.15, 0.2) is 29.2 Å². The second kappa shape index (κ2) is 8.96. The number of hydrogen-bond acceptors (Lipinski definition) is 4. The molecular weight excluding hydrogens is 262 g/mol. The summed E-state index contributed by atoms with van der Waals surface area (Å²) >= 11 is 1.56. The quantitative estimate of drug-likeness (QED) is 0.588. The van der Waals surface area contributed by atoms with Crippen molar-refractivity contribution in [3.8, 4) is 0 Å². The van der Waals surface area contributed by atoms with Crippen LogP contribution in [0.4, 0.5) is 0 Å². The van der Waals surface area contributed by atoms with Crippen LogP contribution in [0.5, 0.6) is 0 Å². The minimum absolute atomic E-state index is 0.102. The van der Waals surface area contributed by atoms with E-state index in [4.69, 9.17) is 9.47 Å². The Kier molecular flexibility index (Phi) is 7.55. The van der Waals surface area contributed by atoms with Gasteiger partial charge in [0.1, 0.15) is 0 Å². The average molecular weight is 283 g/mol. The molecule has 0 saturated heterocycles. The van der Waals surface area contributed by atoms with Crippen LogP contribution in [0.3, 0.4) is 0 Å². The van der Waals surface area contributed by atoms with Crippen LogP contribution in [0, 0.1) is 0 Å². The molecule has 0 aliphatic rings. The van der Waals surface area contributed by atoms with E-state index in [1.54, 1.807) is 11.8 Å². The minimum atomic E-state index is -0.389. The minimum Gasteiger partial charge on any atom is -0.351 e. The van der Waals surface area contributed by atoms with Gasteiger partial charge in [0.2, 0.25) is 0 Å². The lowest BCUT2D eigenvalue weighted by molar-refractivity contribution is -0.131. The summed E-state index contributed by atoms with van der Waals surface area (Å²) in [6.07, 6.45) is 1.57. The Morgan fingerprint density at radius 1 is 1.26 bits per heavy atom. The zero-order chi connectivity index (χ0) is 14.1. The van der Waals surface area contributed by atoms with E-state index in [0.717, 1.165) is 4.90 Å². The SMILES string of the molecule is CCOC(CNC(=O)c1ccccc1SC)OCC. The van der Waals surface area contributed by atoms with Crippen LogP contribution in [0.1, 0.15) is 24.2 Å². The van der Waals surface area contributed by atoms with Gasteiger partial charge in [-0.3, -0.25) is 4.79 Å². The summed E-state index contributed by atoms with van der Waals surface area (Å²) in [6, 6.07) is 7.53. The molecule has 0 aromatic heterocycles. The zero-order valence-electron chi connectivity index (χ0n) is 11.6.